The molecule has 2 aliphatic rings. The maximum absolute atomic E-state index is 11.4. The molecule has 2 aromatic heterocycles. The Morgan fingerprint density at radius 3 is 1.87 bits per heavy atom. The van der Waals surface area contributed by atoms with E-state index in [2.05, 4.69) is 50.1 Å². The Morgan fingerprint density at radius 2 is 1.43 bits per heavy atom. The molecule has 10 nitrogen and oxygen atoms in total. The van der Waals surface area contributed by atoms with Crippen molar-refractivity contribution >= 4 is 40.0 Å². The van der Waals surface area contributed by atoms with Gasteiger partial charge in [0.25, 0.3) is 0 Å². The van der Waals surface area contributed by atoms with Gasteiger partial charge in [-0.1, -0.05) is 11.3 Å². The summed E-state index contributed by atoms with van der Waals surface area (Å²) in [4.78, 5) is 34.6. The van der Waals surface area contributed by atoms with Gasteiger partial charge in [0.1, 0.15) is 16.5 Å². The first-order valence-electron chi connectivity index (χ1n) is 10.1. The number of anilines is 4. The van der Waals surface area contributed by atoms with Crippen LogP contribution >= 0.6 is 11.3 Å². The van der Waals surface area contributed by atoms with E-state index in [1.165, 1.54) is 0 Å². The minimum atomic E-state index is -0.969. The van der Waals surface area contributed by atoms with Gasteiger partial charge in [-0.15, -0.1) is 0 Å². The molecule has 2 N–H and O–H groups in total. The number of rotatable bonds is 5. The molecule has 0 amide bonds. The summed E-state index contributed by atoms with van der Waals surface area (Å²) in [7, 11) is 4.26. The van der Waals surface area contributed by atoms with Crippen molar-refractivity contribution < 1.29 is 9.90 Å². The van der Waals surface area contributed by atoms with Crippen LogP contribution in [-0.2, 0) is 0 Å². The van der Waals surface area contributed by atoms with Crippen LogP contribution in [0.15, 0.2) is 6.07 Å². The van der Waals surface area contributed by atoms with Gasteiger partial charge in [0.2, 0.25) is 5.95 Å². The van der Waals surface area contributed by atoms with Crippen LogP contribution in [0.1, 0.15) is 15.4 Å². The Labute approximate surface area is 180 Å². The van der Waals surface area contributed by atoms with Gasteiger partial charge in [-0.05, 0) is 21.0 Å². The van der Waals surface area contributed by atoms with Crippen LogP contribution in [0.4, 0.5) is 22.7 Å². The van der Waals surface area contributed by atoms with E-state index in [0.29, 0.717) is 16.8 Å². The maximum atomic E-state index is 11.4. The highest BCUT2D eigenvalue weighted by atomic mass is 32.1. The second kappa shape index (κ2) is 8.70. The highest BCUT2D eigenvalue weighted by molar-refractivity contribution is 7.17. The number of hydrogen-bond acceptors (Lipinski definition) is 10. The second-order valence-corrected chi connectivity index (χ2v) is 8.85. The smallest absolute Gasteiger partial charge is 0.347 e. The number of carboxylic acids is 1. The number of hydrogen-bond donors (Lipinski definition) is 2. The molecule has 0 spiro atoms. The number of piperazine rings is 2. The summed E-state index contributed by atoms with van der Waals surface area (Å²) in [6.45, 7) is 9.30. The van der Waals surface area contributed by atoms with E-state index in [-0.39, 0.29) is 4.88 Å². The van der Waals surface area contributed by atoms with E-state index in [0.717, 1.165) is 75.3 Å². The van der Waals surface area contributed by atoms with Gasteiger partial charge >= 0.3 is 5.97 Å². The van der Waals surface area contributed by atoms with Gasteiger partial charge in [0.15, 0.2) is 5.13 Å². The van der Waals surface area contributed by atoms with Crippen LogP contribution in [-0.4, -0.2) is 102 Å². The first kappa shape index (κ1) is 20.8. The van der Waals surface area contributed by atoms with Crippen LogP contribution in [0.2, 0.25) is 0 Å². The highest BCUT2D eigenvalue weighted by Gasteiger charge is 2.22. The van der Waals surface area contributed by atoms with Gasteiger partial charge in [0, 0.05) is 58.4 Å². The molecule has 2 aromatic rings. The van der Waals surface area contributed by atoms with Crippen LogP contribution in [0.25, 0.3) is 0 Å². The first-order chi connectivity index (χ1) is 14.4. The number of nitrogens with zero attached hydrogens (tertiary/aromatic N) is 7. The van der Waals surface area contributed by atoms with Crippen molar-refractivity contribution in [2.45, 2.75) is 6.92 Å². The zero-order chi connectivity index (χ0) is 21.3. The summed E-state index contributed by atoms with van der Waals surface area (Å²) in [5.41, 5.74) is 0.490. The van der Waals surface area contributed by atoms with Crippen LogP contribution in [0.5, 0.6) is 0 Å². The molecule has 30 heavy (non-hydrogen) atoms. The highest BCUT2D eigenvalue weighted by Crippen LogP contribution is 2.28. The zero-order valence-corrected chi connectivity index (χ0v) is 18.4. The number of aromatic carboxylic acids is 1. The Balaban J connectivity index is 1.62. The summed E-state index contributed by atoms with van der Waals surface area (Å²) in [5, 5.41) is 12.9. The van der Waals surface area contributed by atoms with E-state index in [1.54, 1.807) is 6.92 Å². The number of likely N-dealkylation sites (N-methyl/N-ethyl adjacent to an activating group) is 2. The summed E-state index contributed by atoms with van der Waals surface area (Å²) < 4.78 is 0. The van der Waals surface area contributed by atoms with E-state index in [9.17, 15) is 9.90 Å². The molecule has 0 atom stereocenters. The van der Waals surface area contributed by atoms with E-state index in [1.807, 2.05) is 0 Å². The van der Waals surface area contributed by atoms with Crippen molar-refractivity contribution in [2.75, 3.05) is 81.6 Å². The fraction of sp³-hybridized carbons (Fsp3) is 0.579. The summed E-state index contributed by atoms with van der Waals surface area (Å²) in [6.07, 6.45) is 0. The molecule has 2 fully saturated rings. The second-order valence-electron chi connectivity index (χ2n) is 7.85. The lowest BCUT2D eigenvalue weighted by Gasteiger charge is -2.35. The monoisotopic (exact) mass is 432 g/mol. The molecule has 0 saturated carbocycles. The third kappa shape index (κ3) is 4.63. The van der Waals surface area contributed by atoms with Gasteiger partial charge in [-0.25, -0.2) is 9.78 Å². The molecule has 2 aliphatic heterocycles. The molecule has 2 saturated heterocycles. The third-order valence-electron chi connectivity index (χ3n) is 5.56. The average molecular weight is 433 g/mol. The van der Waals surface area contributed by atoms with Crippen molar-refractivity contribution in [2.24, 2.45) is 0 Å². The van der Waals surface area contributed by atoms with E-state index in [4.69, 9.17) is 9.97 Å². The van der Waals surface area contributed by atoms with Crippen molar-refractivity contribution in [3.63, 3.8) is 0 Å². The Kier molecular flexibility index (Phi) is 6.02. The van der Waals surface area contributed by atoms with Crippen molar-refractivity contribution in [1.29, 1.82) is 0 Å². The lowest BCUT2D eigenvalue weighted by molar-refractivity contribution is 0.0701. The number of aromatic nitrogens is 3. The van der Waals surface area contributed by atoms with Gasteiger partial charge in [-0.3, -0.25) is 5.32 Å². The topological polar surface area (TPSA) is 101 Å². The Hall–Kier alpha value is -2.50. The zero-order valence-electron chi connectivity index (χ0n) is 17.6. The minimum Gasteiger partial charge on any atom is -0.477 e. The first-order valence-corrected chi connectivity index (χ1v) is 10.9. The summed E-state index contributed by atoms with van der Waals surface area (Å²) in [6, 6.07) is 2.07. The largest absolute Gasteiger partial charge is 0.477 e. The molecule has 0 radical (unpaired) electrons. The molecular formula is C19H28N8O2S. The Bertz CT molecular complexity index is 864. The quantitative estimate of drug-likeness (QED) is 0.716. The Morgan fingerprint density at radius 1 is 0.933 bits per heavy atom. The van der Waals surface area contributed by atoms with Crippen molar-refractivity contribution in [3.05, 3.63) is 16.6 Å². The lowest BCUT2D eigenvalue weighted by atomic mass is 10.3. The average Bonchev–Trinajstić information content (AvgIpc) is 3.09. The SMILES string of the molecule is Cc1nc(Nc2nc(N3CCN(C)CC3)cc(N3CCN(C)CC3)n2)sc1C(=O)O. The molecule has 0 bridgehead atoms. The molecule has 4 rings (SSSR count). The number of carboxylic acid groups (broad SMARTS) is 1. The van der Waals surface area contributed by atoms with Gasteiger partial charge < -0.3 is 24.7 Å². The third-order valence-corrected chi connectivity index (χ3v) is 6.62. The predicted octanol–water partition coefficient (Wildman–Crippen LogP) is 1.19. The number of thiazole rings is 1. The molecule has 162 valence electrons. The molecule has 0 aromatic carbocycles. The maximum Gasteiger partial charge on any atom is 0.347 e. The fourth-order valence-corrected chi connectivity index (χ4v) is 4.42. The van der Waals surface area contributed by atoms with Crippen molar-refractivity contribution in [3.8, 4) is 0 Å². The standard InChI is InChI=1S/C19H28N8O2S/c1-13-16(17(28)29)30-19(20-13)23-18-21-14(26-8-4-24(2)5-9-26)12-15(22-18)27-10-6-25(3)7-11-27/h12H,4-11H2,1-3H3,(H,28,29)(H,20,21,22,23). The van der Waals surface area contributed by atoms with Crippen LogP contribution in [0, 0.1) is 6.92 Å². The molecular weight excluding hydrogens is 404 g/mol. The van der Waals surface area contributed by atoms with E-state index < -0.39 is 5.97 Å². The summed E-state index contributed by atoms with van der Waals surface area (Å²) in [5.74, 6) is 1.26. The summed E-state index contributed by atoms with van der Waals surface area (Å²) >= 11 is 1.10. The van der Waals surface area contributed by atoms with Crippen molar-refractivity contribution in [1.82, 2.24) is 24.8 Å². The molecule has 0 unspecified atom stereocenters. The number of carbonyl (C=O) groups is 1. The number of nitrogens with one attached hydrogen (secondary N) is 1. The van der Waals surface area contributed by atoms with Gasteiger partial charge in [0.05, 0.1) is 5.69 Å². The molecule has 4 heterocycles. The van der Waals surface area contributed by atoms with E-state index >= 15 is 0 Å². The van der Waals surface area contributed by atoms with Crippen LogP contribution in [0.3, 0.4) is 0 Å². The van der Waals surface area contributed by atoms with Gasteiger partial charge in [-0.2, -0.15) is 9.97 Å². The number of aryl methyl sites for hydroxylation is 1. The molecule has 0 aliphatic carbocycles. The molecule has 11 heteroatoms. The predicted molar refractivity (Wildman–Crippen MR) is 119 cm³/mol. The fourth-order valence-electron chi connectivity index (χ4n) is 3.62. The normalized spacial score (nSPS) is 18.6. The minimum absolute atomic E-state index is 0.229. The van der Waals surface area contributed by atoms with Crippen LogP contribution < -0.4 is 15.1 Å². The lowest BCUT2D eigenvalue weighted by Crippen LogP contribution is -2.46.